The van der Waals surface area contributed by atoms with E-state index in [0.29, 0.717) is 11.3 Å². The Hall–Kier alpha value is -2.92. The van der Waals surface area contributed by atoms with E-state index < -0.39 is 15.9 Å². The van der Waals surface area contributed by atoms with E-state index in [1.54, 1.807) is 48.5 Å². The maximum atomic E-state index is 13.5. The van der Waals surface area contributed by atoms with Crippen LogP contribution in [0, 0.1) is 20.8 Å². The molecule has 0 bridgehead atoms. The Bertz CT molecular complexity index is 1050. The Morgan fingerprint density at radius 2 is 1.26 bits per heavy atom. The van der Waals surface area contributed by atoms with Crippen LogP contribution < -0.4 is 4.31 Å². The molecule has 0 radical (unpaired) electrons. The summed E-state index contributed by atoms with van der Waals surface area (Å²) in [5.41, 5.74) is 3.25. The normalized spacial score (nSPS) is 11.2. The van der Waals surface area contributed by atoms with Crippen molar-refractivity contribution in [2.75, 3.05) is 4.31 Å². The van der Waals surface area contributed by atoms with Crippen molar-refractivity contribution in [2.45, 2.75) is 25.7 Å². The highest BCUT2D eigenvalue weighted by Gasteiger charge is 2.33. The zero-order valence-corrected chi connectivity index (χ0v) is 16.3. The highest BCUT2D eigenvalue weighted by molar-refractivity contribution is 7.93. The lowest BCUT2D eigenvalue weighted by Gasteiger charge is -2.24. The summed E-state index contributed by atoms with van der Waals surface area (Å²) in [5, 5.41) is 0. The lowest BCUT2D eigenvalue weighted by Crippen LogP contribution is -2.37. The van der Waals surface area contributed by atoms with E-state index in [-0.39, 0.29) is 4.90 Å². The Morgan fingerprint density at radius 1 is 0.778 bits per heavy atom. The van der Waals surface area contributed by atoms with Crippen LogP contribution in [0.2, 0.25) is 0 Å². The minimum Gasteiger partial charge on any atom is -0.268 e. The van der Waals surface area contributed by atoms with Crippen LogP contribution in [-0.4, -0.2) is 14.3 Å². The van der Waals surface area contributed by atoms with Gasteiger partial charge in [0.15, 0.2) is 0 Å². The summed E-state index contributed by atoms with van der Waals surface area (Å²) < 4.78 is 27.6. The van der Waals surface area contributed by atoms with Gasteiger partial charge in [0.1, 0.15) is 0 Å². The smallest absolute Gasteiger partial charge is 0.268 e. The van der Waals surface area contributed by atoms with Gasteiger partial charge in [0.2, 0.25) is 0 Å². The maximum absolute atomic E-state index is 13.5. The second-order valence-electron chi connectivity index (χ2n) is 6.50. The summed E-state index contributed by atoms with van der Waals surface area (Å²) in [4.78, 5) is 13.5. The monoisotopic (exact) mass is 379 g/mol. The van der Waals surface area contributed by atoms with Crippen LogP contribution in [0.25, 0.3) is 0 Å². The van der Waals surface area contributed by atoms with Crippen LogP contribution in [0.3, 0.4) is 0 Å². The molecular formula is C22H21NO3S. The van der Waals surface area contributed by atoms with Gasteiger partial charge < -0.3 is 0 Å². The quantitative estimate of drug-likeness (QED) is 0.663. The van der Waals surface area contributed by atoms with E-state index in [2.05, 4.69) is 0 Å². The molecule has 4 nitrogen and oxygen atoms in total. The van der Waals surface area contributed by atoms with Gasteiger partial charge in [-0.1, -0.05) is 54.1 Å². The molecule has 3 aromatic carbocycles. The minimum atomic E-state index is -4.06. The molecule has 0 atom stereocenters. The highest BCUT2D eigenvalue weighted by atomic mass is 32.2. The number of aryl methyl sites for hydroxylation is 3. The van der Waals surface area contributed by atoms with Gasteiger partial charge in [-0.3, -0.25) is 4.79 Å². The summed E-state index contributed by atoms with van der Waals surface area (Å²) in [6, 6.07) is 20.2. The van der Waals surface area contributed by atoms with Crippen LogP contribution in [0.4, 0.5) is 5.69 Å². The third kappa shape index (κ3) is 3.64. The fraction of sp³-hybridized carbons (Fsp3) is 0.136. The Morgan fingerprint density at radius 3 is 1.78 bits per heavy atom. The molecule has 3 aromatic rings. The van der Waals surface area contributed by atoms with Gasteiger partial charge in [-0.05, 0) is 56.2 Å². The average Bonchev–Trinajstić information content (AvgIpc) is 2.62. The largest absolute Gasteiger partial charge is 0.272 e. The van der Waals surface area contributed by atoms with E-state index >= 15 is 0 Å². The van der Waals surface area contributed by atoms with E-state index in [4.69, 9.17) is 0 Å². The summed E-state index contributed by atoms with van der Waals surface area (Å²) in [5.74, 6) is -0.556. The van der Waals surface area contributed by atoms with E-state index in [1.807, 2.05) is 32.9 Å². The number of benzene rings is 3. The fourth-order valence-electron chi connectivity index (χ4n) is 3.25. The minimum absolute atomic E-state index is 0.0737. The second kappa shape index (κ2) is 7.37. The molecule has 0 aliphatic carbocycles. The lowest BCUT2D eigenvalue weighted by atomic mass is 9.99. The number of carbonyl (C=O) groups excluding carboxylic acids is 1. The number of rotatable bonds is 4. The standard InChI is InChI=1S/C22H21NO3S/c1-16-14-17(2)21(18(3)15-16)22(24)23(19-10-6-4-7-11-19)27(25,26)20-12-8-5-9-13-20/h4-15H,1-3H3. The lowest BCUT2D eigenvalue weighted by molar-refractivity contribution is 0.100. The third-order valence-electron chi connectivity index (χ3n) is 4.35. The SMILES string of the molecule is Cc1cc(C)c(C(=O)N(c2ccccc2)S(=O)(=O)c2ccccc2)c(C)c1. The topological polar surface area (TPSA) is 54.5 Å². The van der Waals surface area contributed by atoms with Crippen molar-refractivity contribution in [1.29, 1.82) is 0 Å². The average molecular weight is 379 g/mol. The summed E-state index contributed by atoms with van der Waals surface area (Å²) in [6.45, 7) is 5.60. The number of sulfonamides is 1. The van der Waals surface area contributed by atoms with E-state index in [1.165, 1.54) is 12.1 Å². The molecular weight excluding hydrogens is 358 g/mol. The first kappa shape index (κ1) is 18.9. The number of carbonyl (C=O) groups is 1. The molecule has 27 heavy (non-hydrogen) atoms. The first-order valence-electron chi connectivity index (χ1n) is 8.60. The molecule has 138 valence electrons. The second-order valence-corrected chi connectivity index (χ2v) is 8.28. The van der Waals surface area contributed by atoms with Gasteiger partial charge in [-0.15, -0.1) is 0 Å². The molecule has 0 saturated carbocycles. The van der Waals surface area contributed by atoms with Crippen molar-refractivity contribution < 1.29 is 13.2 Å². The molecule has 5 heteroatoms. The van der Waals surface area contributed by atoms with Crippen molar-refractivity contribution in [3.63, 3.8) is 0 Å². The number of hydrogen-bond donors (Lipinski definition) is 0. The van der Waals surface area contributed by atoms with Gasteiger partial charge in [0.05, 0.1) is 10.6 Å². The van der Waals surface area contributed by atoms with Crippen molar-refractivity contribution in [2.24, 2.45) is 0 Å². The van der Waals surface area contributed by atoms with Crippen molar-refractivity contribution in [3.8, 4) is 0 Å². The molecule has 0 spiro atoms. The Kier molecular flexibility index (Phi) is 5.15. The number of hydrogen-bond acceptors (Lipinski definition) is 3. The first-order valence-corrected chi connectivity index (χ1v) is 10.0. The first-order chi connectivity index (χ1) is 12.8. The fourth-order valence-corrected chi connectivity index (χ4v) is 4.67. The zero-order chi connectivity index (χ0) is 19.6. The van der Waals surface area contributed by atoms with Crippen LogP contribution in [0.1, 0.15) is 27.0 Å². The van der Waals surface area contributed by atoms with Gasteiger partial charge >= 0.3 is 0 Å². The number of nitrogens with zero attached hydrogens (tertiary/aromatic N) is 1. The van der Waals surface area contributed by atoms with Crippen LogP contribution in [-0.2, 0) is 10.0 Å². The zero-order valence-electron chi connectivity index (χ0n) is 15.5. The predicted molar refractivity (Wildman–Crippen MR) is 108 cm³/mol. The summed E-state index contributed by atoms with van der Waals surface area (Å²) in [7, 11) is -4.06. The van der Waals surface area contributed by atoms with Crippen molar-refractivity contribution in [1.82, 2.24) is 0 Å². The predicted octanol–water partition coefficient (Wildman–Crippen LogP) is 4.65. The summed E-state index contributed by atoms with van der Waals surface area (Å²) >= 11 is 0. The molecule has 0 aliphatic heterocycles. The molecule has 0 unspecified atom stereocenters. The number of para-hydroxylation sites is 1. The Balaban J connectivity index is 2.22. The van der Waals surface area contributed by atoms with Gasteiger partial charge in [-0.2, -0.15) is 4.31 Å². The third-order valence-corrected chi connectivity index (χ3v) is 6.07. The molecule has 0 heterocycles. The number of anilines is 1. The van der Waals surface area contributed by atoms with Crippen molar-refractivity contribution >= 4 is 21.6 Å². The molecule has 0 N–H and O–H groups in total. The van der Waals surface area contributed by atoms with Crippen LogP contribution >= 0.6 is 0 Å². The summed E-state index contributed by atoms with van der Waals surface area (Å²) in [6.07, 6.45) is 0. The molecule has 0 fully saturated rings. The molecule has 1 amide bonds. The van der Waals surface area contributed by atoms with E-state index in [0.717, 1.165) is 21.0 Å². The van der Waals surface area contributed by atoms with Crippen molar-refractivity contribution in [3.05, 3.63) is 95.1 Å². The molecule has 0 saturated heterocycles. The van der Waals surface area contributed by atoms with E-state index in [9.17, 15) is 13.2 Å². The van der Waals surface area contributed by atoms with Gasteiger partial charge in [0.25, 0.3) is 15.9 Å². The molecule has 0 aliphatic rings. The molecule has 3 rings (SSSR count). The van der Waals surface area contributed by atoms with Gasteiger partial charge in [-0.25, -0.2) is 8.42 Å². The molecule has 0 aromatic heterocycles. The highest BCUT2D eigenvalue weighted by Crippen LogP contribution is 2.28. The maximum Gasteiger partial charge on any atom is 0.272 e. The van der Waals surface area contributed by atoms with Crippen LogP contribution in [0.5, 0.6) is 0 Å². The number of amides is 1. The Labute approximate surface area is 160 Å². The van der Waals surface area contributed by atoms with Gasteiger partial charge in [0, 0.05) is 5.56 Å². The van der Waals surface area contributed by atoms with Crippen LogP contribution in [0.15, 0.2) is 77.7 Å².